The highest BCUT2D eigenvalue weighted by molar-refractivity contribution is 5.87. The van der Waals surface area contributed by atoms with Crippen molar-refractivity contribution in [2.75, 3.05) is 13.2 Å². The van der Waals surface area contributed by atoms with Crippen molar-refractivity contribution in [2.24, 2.45) is 5.92 Å². The molecule has 1 aliphatic heterocycles. The molecule has 1 fully saturated rings. The average molecular weight is 333 g/mol. The molecule has 2 rings (SSSR count). The van der Waals surface area contributed by atoms with Crippen LogP contribution in [0.1, 0.15) is 45.6 Å². The number of carbonyl (C=O) groups is 2. The number of hydrogen-bond donors (Lipinski definition) is 0. The quantitative estimate of drug-likeness (QED) is 0.744. The van der Waals surface area contributed by atoms with E-state index in [2.05, 4.69) is 0 Å². The summed E-state index contributed by atoms with van der Waals surface area (Å²) >= 11 is 0. The van der Waals surface area contributed by atoms with Gasteiger partial charge in [-0.05, 0) is 31.2 Å². The van der Waals surface area contributed by atoms with Gasteiger partial charge in [0.05, 0.1) is 6.61 Å². The fourth-order valence-corrected chi connectivity index (χ4v) is 3.41. The monoisotopic (exact) mass is 333 g/mol. The van der Waals surface area contributed by atoms with Gasteiger partial charge in [-0.3, -0.25) is 4.90 Å². The Morgan fingerprint density at radius 3 is 2.54 bits per heavy atom. The van der Waals surface area contributed by atoms with Gasteiger partial charge in [-0.2, -0.15) is 0 Å². The van der Waals surface area contributed by atoms with Gasteiger partial charge in [0.2, 0.25) is 0 Å². The van der Waals surface area contributed by atoms with E-state index in [-0.39, 0.29) is 18.5 Å². The van der Waals surface area contributed by atoms with Crippen molar-refractivity contribution < 1.29 is 19.1 Å². The first kappa shape index (κ1) is 18.3. The highest BCUT2D eigenvalue weighted by atomic mass is 16.6. The van der Waals surface area contributed by atoms with E-state index >= 15 is 0 Å². The van der Waals surface area contributed by atoms with Crippen molar-refractivity contribution in [1.29, 1.82) is 0 Å². The molecule has 0 radical (unpaired) electrons. The van der Waals surface area contributed by atoms with E-state index in [9.17, 15) is 9.59 Å². The van der Waals surface area contributed by atoms with E-state index in [4.69, 9.17) is 9.47 Å². The van der Waals surface area contributed by atoms with E-state index in [0.29, 0.717) is 19.6 Å². The Bertz CT molecular complexity index is 560. The van der Waals surface area contributed by atoms with Gasteiger partial charge >= 0.3 is 12.1 Å². The summed E-state index contributed by atoms with van der Waals surface area (Å²) in [6.07, 6.45) is 1.76. The molecule has 24 heavy (non-hydrogen) atoms. The zero-order valence-electron chi connectivity index (χ0n) is 14.8. The zero-order valence-corrected chi connectivity index (χ0v) is 14.8. The van der Waals surface area contributed by atoms with Crippen molar-refractivity contribution >= 4 is 12.1 Å². The lowest BCUT2D eigenvalue weighted by Gasteiger charge is -2.39. The summed E-state index contributed by atoms with van der Waals surface area (Å²) < 4.78 is 10.8. The van der Waals surface area contributed by atoms with Crippen molar-refractivity contribution in [3.05, 3.63) is 35.9 Å². The van der Waals surface area contributed by atoms with Gasteiger partial charge in [-0.25, -0.2) is 9.59 Å². The number of rotatable bonds is 6. The highest BCUT2D eigenvalue weighted by Gasteiger charge is 2.54. The summed E-state index contributed by atoms with van der Waals surface area (Å²) in [4.78, 5) is 26.9. The first-order valence-electron chi connectivity index (χ1n) is 8.71. The van der Waals surface area contributed by atoms with Gasteiger partial charge in [0.25, 0.3) is 0 Å². The van der Waals surface area contributed by atoms with Crippen molar-refractivity contribution in [3.63, 3.8) is 0 Å². The molecular formula is C19H27NO4. The molecule has 0 N–H and O–H groups in total. The number of amides is 1. The second-order valence-corrected chi connectivity index (χ2v) is 6.25. The Balaban J connectivity index is 2.15. The van der Waals surface area contributed by atoms with Gasteiger partial charge in [0.15, 0.2) is 0 Å². The van der Waals surface area contributed by atoms with Crippen LogP contribution < -0.4 is 0 Å². The molecular weight excluding hydrogens is 306 g/mol. The van der Waals surface area contributed by atoms with Crippen LogP contribution in [0.5, 0.6) is 0 Å². The zero-order chi connectivity index (χ0) is 17.6. The van der Waals surface area contributed by atoms with Crippen molar-refractivity contribution in [3.8, 4) is 0 Å². The van der Waals surface area contributed by atoms with Crippen LogP contribution in [-0.2, 0) is 20.9 Å². The van der Waals surface area contributed by atoms with Crippen LogP contribution in [0.15, 0.2) is 30.3 Å². The molecule has 0 saturated carbocycles. The molecule has 1 heterocycles. The van der Waals surface area contributed by atoms with Gasteiger partial charge in [0.1, 0.15) is 12.1 Å². The molecule has 132 valence electrons. The number of ether oxygens (including phenoxy) is 2. The summed E-state index contributed by atoms with van der Waals surface area (Å²) in [5.74, 6) is -0.295. The van der Waals surface area contributed by atoms with E-state index in [1.807, 2.05) is 44.2 Å². The molecule has 1 amide bonds. The number of carbonyl (C=O) groups excluding carboxylic acids is 2. The van der Waals surface area contributed by atoms with Crippen LogP contribution in [0.2, 0.25) is 0 Å². The fourth-order valence-electron chi connectivity index (χ4n) is 3.41. The van der Waals surface area contributed by atoms with Crippen LogP contribution in [0.3, 0.4) is 0 Å². The maximum atomic E-state index is 12.7. The second kappa shape index (κ2) is 8.18. The number of likely N-dealkylation sites (tertiary alicyclic amines) is 1. The van der Waals surface area contributed by atoms with Crippen LogP contribution in [0, 0.1) is 5.92 Å². The number of benzene rings is 1. The smallest absolute Gasteiger partial charge is 0.411 e. The number of esters is 1. The van der Waals surface area contributed by atoms with Crippen LogP contribution >= 0.6 is 0 Å². The Kier molecular flexibility index (Phi) is 6.23. The maximum Gasteiger partial charge on any atom is 0.411 e. The number of nitrogens with zero attached hydrogens (tertiary/aromatic N) is 1. The molecule has 5 nitrogen and oxygen atoms in total. The summed E-state index contributed by atoms with van der Waals surface area (Å²) in [5, 5.41) is 0. The largest absolute Gasteiger partial charge is 0.464 e. The predicted octanol–water partition coefficient (Wildman–Crippen LogP) is 3.77. The summed E-state index contributed by atoms with van der Waals surface area (Å²) in [6, 6.07) is 9.54. The topological polar surface area (TPSA) is 55.8 Å². The molecule has 1 aliphatic rings. The second-order valence-electron chi connectivity index (χ2n) is 6.25. The molecule has 0 aromatic heterocycles. The van der Waals surface area contributed by atoms with Crippen molar-refractivity contribution in [1.82, 2.24) is 4.90 Å². The van der Waals surface area contributed by atoms with E-state index in [1.54, 1.807) is 11.8 Å². The minimum Gasteiger partial charge on any atom is -0.464 e. The molecule has 0 bridgehead atoms. The van der Waals surface area contributed by atoms with Gasteiger partial charge in [0, 0.05) is 6.54 Å². The normalized spacial score (nSPS) is 21.4. The minimum absolute atomic E-state index is 0.0170. The molecule has 1 aromatic rings. The summed E-state index contributed by atoms with van der Waals surface area (Å²) in [5.41, 5.74) is 0.0220. The Morgan fingerprint density at radius 1 is 1.21 bits per heavy atom. The Labute approximate surface area is 143 Å². The SMILES string of the molecule is CCOC(=O)[C@@]1(C(C)CC)CCCN1C(=O)OCc1ccccc1. The standard InChI is InChI=1S/C19H27NO4/c1-4-15(3)19(17(21)23-5-2)12-9-13-20(19)18(22)24-14-16-10-7-6-8-11-16/h6-8,10-11,15H,4-5,9,12-14H2,1-3H3/t15?,19-/m0/s1. The lowest BCUT2D eigenvalue weighted by Crippen LogP contribution is -2.57. The highest BCUT2D eigenvalue weighted by Crippen LogP contribution is 2.39. The van der Waals surface area contributed by atoms with Gasteiger partial charge < -0.3 is 9.47 Å². The maximum absolute atomic E-state index is 12.7. The van der Waals surface area contributed by atoms with E-state index in [1.165, 1.54) is 0 Å². The van der Waals surface area contributed by atoms with Crippen LogP contribution in [0.25, 0.3) is 0 Å². The predicted molar refractivity (Wildman–Crippen MR) is 91.4 cm³/mol. The van der Waals surface area contributed by atoms with Gasteiger partial charge in [-0.1, -0.05) is 50.6 Å². The van der Waals surface area contributed by atoms with E-state index < -0.39 is 11.6 Å². The third-order valence-corrected chi connectivity index (χ3v) is 4.90. The van der Waals surface area contributed by atoms with Gasteiger partial charge in [-0.15, -0.1) is 0 Å². The minimum atomic E-state index is -0.904. The lowest BCUT2D eigenvalue weighted by molar-refractivity contribution is -0.158. The molecule has 0 aliphatic carbocycles. The molecule has 1 saturated heterocycles. The Hall–Kier alpha value is -2.04. The molecule has 0 spiro atoms. The van der Waals surface area contributed by atoms with Crippen LogP contribution in [0.4, 0.5) is 4.79 Å². The molecule has 1 unspecified atom stereocenters. The van der Waals surface area contributed by atoms with Crippen molar-refractivity contribution in [2.45, 2.75) is 52.2 Å². The number of hydrogen-bond acceptors (Lipinski definition) is 4. The molecule has 1 aromatic carbocycles. The molecule has 2 atom stereocenters. The average Bonchev–Trinajstić information content (AvgIpc) is 3.06. The Morgan fingerprint density at radius 2 is 1.92 bits per heavy atom. The fraction of sp³-hybridized carbons (Fsp3) is 0.579. The summed E-state index contributed by atoms with van der Waals surface area (Å²) in [7, 11) is 0. The third kappa shape index (κ3) is 3.55. The van der Waals surface area contributed by atoms with E-state index in [0.717, 1.165) is 18.4 Å². The first-order valence-corrected chi connectivity index (χ1v) is 8.71. The first-order chi connectivity index (χ1) is 11.6. The van der Waals surface area contributed by atoms with Crippen LogP contribution in [-0.4, -0.2) is 35.7 Å². The third-order valence-electron chi connectivity index (χ3n) is 4.90. The molecule has 5 heteroatoms. The lowest BCUT2D eigenvalue weighted by atomic mass is 9.81. The summed E-state index contributed by atoms with van der Waals surface area (Å²) in [6.45, 7) is 6.85.